The molecule has 0 fully saturated rings. The maximum atomic E-state index is 11.5. The first kappa shape index (κ1) is 13.2. The molecule has 16 heavy (non-hydrogen) atoms. The van der Waals surface area contributed by atoms with E-state index in [9.17, 15) is 4.79 Å². The fourth-order valence-corrected chi connectivity index (χ4v) is 1.73. The van der Waals surface area contributed by atoms with Crippen LogP contribution >= 0.6 is 15.9 Å². The zero-order valence-electron chi connectivity index (χ0n) is 9.19. The van der Waals surface area contributed by atoms with Gasteiger partial charge in [0.2, 0.25) is 0 Å². The Kier molecular flexibility index (Phi) is 6.11. The molecular weight excluding hydrogens is 272 g/mol. The molecule has 0 spiro atoms. The molecule has 0 bridgehead atoms. The van der Waals surface area contributed by atoms with Gasteiger partial charge in [-0.25, -0.2) is 0 Å². The third kappa shape index (κ3) is 4.77. The number of carbonyl (C=O) groups is 1. The molecule has 0 heterocycles. The molecule has 3 nitrogen and oxygen atoms in total. The molecule has 1 rings (SSSR count). The third-order valence-electron chi connectivity index (χ3n) is 2.05. The van der Waals surface area contributed by atoms with Crippen molar-refractivity contribution in [1.29, 1.82) is 0 Å². The van der Waals surface area contributed by atoms with Crippen LogP contribution in [0.2, 0.25) is 0 Å². The van der Waals surface area contributed by atoms with Crippen molar-refractivity contribution >= 4 is 21.9 Å². The maximum absolute atomic E-state index is 11.5. The van der Waals surface area contributed by atoms with Gasteiger partial charge in [0.15, 0.2) is 0 Å². The Morgan fingerprint density at radius 3 is 2.62 bits per heavy atom. The molecule has 0 amide bonds. The molecule has 0 aromatic heterocycles. The van der Waals surface area contributed by atoms with Gasteiger partial charge in [-0.15, -0.1) is 0 Å². The average molecular weight is 287 g/mol. The van der Waals surface area contributed by atoms with E-state index < -0.39 is 0 Å². The van der Waals surface area contributed by atoms with Crippen LogP contribution in [0.15, 0.2) is 30.3 Å². The molecule has 1 aromatic rings. The lowest BCUT2D eigenvalue weighted by molar-refractivity contribution is -0.144. The second-order valence-electron chi connectivity index (χ2n) is 3.32. The monoisotopic (exact) mass is 286 g/mol. The van der Waals surface area contributed by atoms with E-state index in [0.717, 1.165) is 5.56 Å². The largest absolute Gasteiger partial charge is 0.462 e. The summed E-state index contributed by atoms with van der Waals surface area (Å²) in [4.78, 5) is 11.2. The molecule has 88 valence electrons. The molecule has 1 unspecified atom stereocenters. The number of halogens is 1. The predicted molar refractivity (Wildman–Crippen MR) is 65.7 cm³/mol. The fourth-order valence-electron chi connectivity index (χ4n) is 1.22. The summed E-state index contributed by atoms with van der Waals surface area (Å²) in [5.74, 6) is -0.249. The zero-order chi connectivity index (χ0) is 11.8. The normalized spacial score (nSPS) is 12.1. The van der Waals surface area contributed by atoms with Crippen LogP contribution in [0.25, 0.3) is 0 Å². The molecular formula is C12H15BrO3. The van der Waals surface area contributed by atoms with Crippen molar-refractivity contribution in [3.63, 3.8) is 0 Å². The highest BCUT2D eigenvalue weighted by molar-refractivity contribution is 9.10. The number of ether oxygens (including phenoxy) is 2. The number of rotatable bonds is 6. The van der Waals surface area contributed by atoms with E-state index in [1.807, 2.05) is 30.3 Å². The minimum Gasteiger partial charge on any atom is -0.462 e. The number of carbonyl (C=O) groups excluding carboxylic acids is 1. The van der Waals surface area contributed by atoms with Crippen molar-refractivity contribution in [2.45, 2.75) is 11.2 Å². The van der Waals surface area contributed by atoms with Crippen molar-refractivity contribution in [3.05, 3.63) is 35.9 Å². The third-order valence-corrected chi connectivity index (χ3v) is 2.74. The van der Waals surface area contributed by atoms with E-state index >= 15 is 0 Å². The second-order valence-corrected chi connectivity index (χ2v) is 4.42. The minimum atomic E-state index is -0.299. The van der Waals surface area contributed by atoms with Gasteiger partial charge in [-0.3, -0.25) is 4.79 Å². The smallest absolute Gasteiger partial charge is 0.320 e. The minimum absolute atomic E-state index is 0.249. The van der Waals surface area contributed by atoms with Crippen LogP contribution in [0.1, 0.15) is 5.56 Å². The van der Waals surface area contributed by atoms with Crippen LogP contribution < -0.4 is 0 Å². The standard InChI is InChI=1S/C12H15BrO3/c1-15-7-8-16-12(14)11(13)9-10-5-3-2-4-6-10/h2-6,11H,7-9H2,1H3. The molecule has 0 saturated heterocycles. The Hall–Kier alpha value is -0.870. The molecule has 0 aliphatic carbocycles. The van der Waals surface area contributed by atoms with Crippen molar-refractivity contribution in [2.24, 2.45) is 0 Å². The van der Waals surface area contributed by atoms with Crippen molar-refractivity contribution < 1.29 is 14.3 Å². The lowest BCUT2D eigenvalue weighted by Crippen LogP contribution is -2.21. The Bertz CT molecular complexity index is 313. The highest BCUT2D eigenvalue weighted by Crippen LogP contribution is 2.11. The van der Waals surface area contributed by atoms with Crippen LogP contribution in [0, 0.1) is 0 Å². The first-order chi connectivity index (χ1) is 7.74. The van der Waals surface area contributed by atoms with Gasteiger partial charge in [0.25, 0.3) is 0 Å². The molecule has 4 heteroatoms. The van der Waals surface area contributed by atoms with Gasteiger partial charge in [0.05, 0.1) is 6.61 Å². The highest BCUT2D eigenvalue weighted by atomic mass is 79.9. The second kappa shape index (κ2) is 7.41. The van der Waals surface area contributed by atoms with Crippen LogP contribution in [0.5, 0.6) is 0 Å². The SMILES string of the molecule is COCCOC(=O)C(Br)Cc1ccccc1. The van der Waals surface area contributed by atoms with E-state index in [-0.39, 0.29) is 10.8 Å². The summed E-state index contributed by atoms with van der Waals surface area (Å²) < 4.78 is 9.80. The van der Waals surface area contributed by atoms with Crippen molar-refractivity contribution in [3.8, 4) is 0 Å². The summed E-state index contributed by atoms with van der Waals surface area (Å²) in [5.41, 5.74) is 1.10. The average Bonchev–Trinajstić information content (AvgIpc) is 2.30. The van der Waals surface area contributed by atoms with Crippen molar-refractivity contribution in [2.75, 3.05) is 20.3 Å². The van der Waals surface area contributed by atoms with Gasteiger partial charge >= 0.3 is 5.97 Å². The Labute approximate surface area is 104 Å². The zero-order valence-corrected chi connectivity index (χ0v) is 10.8. The summed E-state index contributed by atoms with van der Waals surface area (Å²) >= 11 is 3.32. The number of esters is 1. The van der Waals surface area contributed by atoms with E-state index in [0.29, 0.717) is 19.6 Å². The first-order valence-electron chi connectivity index (χ1n) is 5.07. The van der Waals surface area contributed by atoms with E-state index in [2.05, 4.69) is 15.9 Å². The summed E-state index contributed by atoms with van der Waals surface area (Å²) in [6.07, 6.45) is 0.632. The predicted octanol–water partition coefficient (Wildman–Crippen LogP) is 2.18. The molecule has 0 aliphatic heterocycles. The quantitative estimate of drug-likeness (QED) is 0.457. The van der Waals surface area contributed by atoms with Gasteiger partial charge in [0.1, 0.15) is 11.4 Å². The molecule has 0 saturated carbocycles. The number of hydrogen-bond acceptors (Lipinski definition) is 3. The maximum Gasteiger partial charge on any atom is 0.320 e. The molecule has 1 atom stereocenters. The van der Waals surface area contributed by atoms with E-state index in [1.54, 1.807) is 7.11 Å². The Morgan fingerprint density at radius 2 is 2.00 bits per heavy atom. The van der Waals surface area contributed by atoms with Crippen LogP contribution in [-0.2, 0) is 20.7 Å². The number of hydrogen-bond donors (Lipinski definition) is 0. The van der Waals surface area contributed by atoms with Gasteiger partial charge in [-0.2, -0.15) is 0 Å². The first-order valence-corrected chi connectivity index (χ1v) is 5.99. The summed E-state index contributed by atoms with van der Waals surface area (Å²) in [6.45, 7) is 0.725. The lowest BCUT2D eigenvalue weighted by Gasteiger charge is -2.09. The van der Waals surface area contributed by atoms with Gasteiger partial charge in [-0.05, 0) is 12.0 Å². The van der Waals surface area contributed by atoms with Crippen LogP contribution in [-0.4, -0.2) is 31.1 Å². The lowest BCUT2D eigenvalue weighted by atomic mass is 10.1. The number of benzene rings is 1. The summed E-state index contributed by atoms with van der Waals surface area (Å²) in [5, 5.41) is 0. The van der Waals surface area contributed by atoms with E-state index in [1.165, 1.54) is 0 Å². The molecule has 0 aliphatic rings. The van der Waals surface area contributed by atoms with Gasteiger partial charge < -0.3 is 9.47 Å². The topological polar surface area (TPSA) is 35.5 Å². The summed E-state index contributed by atoms with van der Waals surface area (Å²) in [7, 11) is 1.57. The fraction of sp³-hybridized carbons (Fsp3) is 0.417. The number of methoxy groups -OCH3 is 1. The van der Waals surface area contributed by atoms with Crippen LogP contribution in [0.3, 0.4) is 0 Å². The van der Waals surface area contributed by atoms with Crippen LogP contribution in [0.4, 0.5) is 0 Å². The molecule has 0 radical (unpaired) electrons. The Balaban J connectivity index is 2.34. The number of alkyl halides is 1. The van der Waals surface area contributed by atoms with Crippen molar-refractivity contribution in [1.82, 2.24) is 0 Å². The van der Waals surface area contributed by atoms with Gasteiger partial charge in [-0.1, -0.05) is 46.3 Å². The Morgan fingerprint density at radius 1 is 1.31 bits per heavy atom. The van der Waals surface area contributed by atoms with Gasteiger partial charge in [0, 0.05) is 7.11 Å². The molecule has 1 aromatic carbocycles. The molecule has 0 N–H and O–H groups in total. The summed E-state index contributed by atoms with van der Waals surface area (Å²) in [6, 6.07) is 9.81. The highest BCUT2D eigenvalue weighted by Gasteiger charge is 2.16. The van der Waals surface area contributed by atoms with E-state index in [4.69, 9.17) is 9.47 Å².